The van der Waals surface area contributed by atoms with Crippen molar-refractivity contribution in [2.75, 3.05) is 20.8 Å². The van der Waals surface area contributed by atoms with Gasteiger partial charge in [0.05, 0.1) is 20.8 Å². The molecule has 1 aromatic heterocycles. The molecule has 7 N–H and O–H groups in total. The summed E-state index contributed by atoms with van der Waals surface area (Å²) >= 11 is 0. The van der Waals surface area contributed by atoms with E-state index in [2.05, 4.69) is 0 Å². The fourth-order valence-electron chi connectivity index (χ4n) is 3.86. The molecule has 1 aliphatic rings. The molecule has 194 valence electrons. The number of aromatic hydroxyl groups is 3. The van der Waals surface area contributed by atoms with E-state index in [9.17, 15) is 40.5 Å². The maximum Gasteiger partial charge on any atom is 0.238 e. The van der Waals surface area contributed by atoms with Gasteiger partial charge < -0.3 is 59.1 Å². The van der Waals surface area contributed by atoms with E-state index in [1.54, 1.807) is 0 Å². The summed E-state index contributed by atoms with van der Waals surface area (Å²) in [5.41, 5.74) is -1.43. The first kappa shape index (κ1) is 25.3. The number of methoxy groups -OCH3 is 2. The summed E-state index contributed by atoms with van der Waals surface area (Å²) in [5.74, 6) is -2.67. The van der Waals surface area contributed by atoms with Crippen molar-refractivity contribution >= 4 is 11.0 Å². The number of aliphatic hydroxyl groups excluding tert-OH is 4. The lowest BCUT2D eigenvalue weighted by atomic mass is 9.99. The van der Waals surface area contributed by atoms with Crippen molar-refractivity contribution in [3.63, 3.8) is 0 Å². The highest BCUT2D eigenvalue weighted by atomic mass is 16.7. The van der Waals surface area contributed by atoms with Crippen molar-refractivity contribution < 1.29 is 59.1 Å². The second kappa shape index (κ2) is 9.72. The molecule has 0 amide bonds. The van der Waals surface area contributed by atoms with Crippen LogP contribution in [0.3, 0.4) is 0 Å². The molecule has 13 heteroatoms. The molecule has 1 fully saturated rings. The van der Waals surface area contributed by atoms with E-state index in [1.807, 2.05) is 0 Å². The van der Waals surface area contributed by atoms with Gasteiger partial charge in [0.25, 0.3) is 0 Å². The molecule has 5 atom stereocenters. The van der Waals surface area contributed by atoms with E-state index in [0.29, 0.717) is 0 Å². The average molecular weight is 508 g/mol. The van der Waals surface area contributed by atoms with Gasteiger partial charge in [0.1, 0.15) is 35.6 Å². The molecule has 0 spiro atoms. The number of ether oxygens (including phenoxy) is 4. The topological polar surface area (TPSA) is 209 Å². The number of hydrogen-bond acceptors (Lipinski definition) is 13. The highest BCUT2D eigenvalue weighted by Crippen LogP contribution is 2.45. The van der Waals surface area contributed by atoms with Gasteiger partial charge in [-0.2, -0.15) is 0 Å². The van der Waals surface area contributed by atoms with Crippen LogP contribution in [0, 0.1) is 0 Å². The number of benzene rings is 2. The lowest BCUT2D eigenvalue weighted by Crippen LogP contribution is -2.60. The number of phenols is 2. The van der Waals surface area contributed by atoms with E-state index in [0.717, 1.165) is 6.07 Å². The van der Waals surface area contributed by atoms with Gasteiger partial charge in [-0.3, -0.25) is 4.79 Å². The third-order valence-corrected chi connectivity index (χ3v) is 5.79. The second-order valence-corrected chi connectivity index (χ2v) is 7.94. The largest absolute Gasteiger partial charge is 0.507 e. The molecule has 5 unspecified atom stereocenters. The Balaban J connectivity index is 1.92. The van der Waals surface area contributed by atoms with Gasteiger partial charge in [-0.1, -0.05) is 0 Å². The zero-order valence-corrected chi connectivity index (χ0v) is 19.0. The predicted octanol–water partition coefficient (Wildman–Crippen LogP) is -0.227. The minimum atomic E-state index is -1.81. The van der Waals surface area contributed by atoms with Crippen LogP contribution in [-0.4, -0.2) is 87.3 Å². The van der Waals surface area contributed by atoms with Crippen LogP contribution in [0.2, 0.25) is 0 Å². The molecule has 1 aliphatic heterocycles. The molecule has 2 heterocycles. The molecule has 36 heavy (non-hydrogen) atoms. The Bertz CT molecular complexity index is 1330. The molecule has 0 aliphatic carbocycles. The van der Waals surface area contributed by atoms with E-state index < -0.39 is 71.0 Å². The van der Waals surface area contributed by atoms with E-state index in [-0.39, 0.29) is 28.6 Å². The zero-order chi connectivity index (χ0) is 26.3. The van der Waals surface area contributed by atoms with Crippen LogP contribution in [0.4, 0.5) is 0 Å². The summed E-state index contributed by atoms with van der Waals surface area (Å²) in [4.78, 5) is 13.0. The van der Waals surface area contributed by atoms with Crippen LogP contribution in [0.1, 0.15) is 0 Å². The van der Waals surface area contributed by atoms with Crippen LogP contribution in [-0.2, 0) is 4.74 Å². The first-order chi connectivity index (χ1) is 17.1. The molecule has 2 aromatic carbocycles. The predicted molar refractivity (Wildman–Crippen MR) is 120 cm³/mol. The molecular weight excluding hydrogens is 484 g/mol. The standard InChI is InChI=1S/C23H24O13/c1-32-11-4-3-8(5-9(11)25)20-18(30)16(28)14-10(26)6-12(33-2)21(22(14)35-20)36-23-19(31)17(29)15(27)13(7-24)34-23/h3-6,13,15,17,19,23-27,29-31H,7H2,1-2H3. The zero-order valence-electron chi connectivity index (χ0n) is 19.0. The summed E-state index contributed by atoms with van der Waals surface area (Å²) in [7, 11) is 2.54. The van der Waals surface area contributed by atoms with Crippen LogP contribution in [0.5, 0.6) is 34.5 Å². The third kappa shape index (κ3) is 4.12. The normalized spacial score (nSPS) is 24.0. The Morgan fingerprint density at radius 2 is 1.61 bits per heavy atom. The molecule has 3 aromatic rings. The fraction of sp³-hybridized carbons (Fsp3) is 0.348. The molecule has 0 saturated carbocycles. The summed E-state index contributed by atoms with van der Waals surface area (Å²) in [6.45, 7) is -0.716. The lowest BCUT2D eigenvalue weighted by Gasteiger charge is -2.39. The smallest absolute Gasteiger partial charge is 0.238 e. The SMILES string of the molecule is COc1ccc(-c2oc3c(OC4OC(CO)C(O)C(O)C4O)c(OC)cc(O)c3c(=O)c2O)cc1O. The van der Waals surface area contributed by atoms with Crippen LogP contribution < -0.4 is 19.6 Å². The van der Waals surface area contributed by atoms with Crippen molar-refractivity contribution in [2.45, 2.75) is 30.7 Å². The van der Waals surface area contributed by atoms with Crippen molar-refractivity contribution in [3.05, 3.63) is 34.5 Å². The summed E-state index contributed by atoms with van der Waals surface area (Å²) < 4.78 is 27.0. The number of rotatable bonds is 6. The van der Waals surface area contributed by atoms with Crippen LogP contribution in [0.25, 0.3) is 22.3 Å². The van der Waals surface area contributed by atoms with Gasteiger partial charge >= 0.3 is 0 Å². The number of fused-ring (bicyclic) bond motifs is 1. The Morgan fingerprint density at radius 3 is 2.22 bits per heavy atom. The van der Waals surface area contributed by atoms with E-state index >= 15 is 0 Å². The molecular formula is C23H24O13. The summed E-state index contributed by atoms with van der Waals surface area (Å²) in [6, 6.07) is 4.92. The number of hydrogen-bond donors (Lipinski definition) is 7. The molecule has 0 radical (unpaired) electrons. The van der Waals surface area contributed by atoms with Gasteiger partial charge in [0, 0.05) is 11.6 Å². The van der Waals surface area contributed by atoms with Crippen molar-refractivity contribution in [2.24, 2.45) is 0 Å². The van der Waals surface area contributed by atoms with E-state index in [4.69, 9.17) is 23.4 Å². The number of aliphatic hydroxyl groups is 4. The van der Waals surface area contributed by atoms with Crippen LogP contribution in [0.15, 0.2) is 33.5 Å². The molecule has 0 bridgehead atoms. The quantitative estimate of drug-likeness (QED) is 0.230. The Kier molecular flexibility index (Phi) is 6.84. The average Bonchev–Trinajstić information content (AvgIpc) is 2.87. The Morgan fingerprint density at radius 1 is 0.917 bits per heavy atom. The Labute approximate surface area is 202 Å². The maximum absolute atomic E-state index is 13.0. The summed E-state index contributed by atoms with van der Waals surface area (Å²) in [5, 5.41) is 70.5. The third-order valence-electron chi connectivity index (χ3n) is 5.79. The summed E-state index contributed by atoms with van der Waals surface area (Å²) in [6.07, 6.45) is -8.19. The molecule has 13 nitrogen and oxygen atoms in total. The lowest BCUT2D eigenvalue weighted by molar-refractivity contribution is -0.277. The molecule has 4 rings (SSSR count). The van der Waals surface area contributed by atoms with Gasteiger partial charge in [-0.15, -0.1) is 0 Å². The first-order valence-corrected chi connectivity index (χ1v) is 10.6. The maximum atomic E-state index is 13.0. The van der Waals surface area contributed by atoms with Crippen LogP contribution >= 0.6 is 0 Å². The monoisotopic (exact) mass is 508 g/mol. The Hall–Kier alpha value is -3.75. The van der Waals surface area contributed by atoms with Crippen molar-refractivity contribution in [3.8, 4) is 45.8 Å². The van der Waals surface area contributed by atoms with E-state index in [1.165, 1.54) is 32.4 Å². The van der Waals surface area contributed by atoms with Gasteiger partial charge in [0.15, 0.2) is 28.6 Å². The number of phenolic OH excluding ortho intramolecular Hbond substituents is 2. The van der Waals surface area contributed by atoms with Crippen molar-refractivity contribution in [1.29, 1.82) is 0 Å². The first-order valence-electron chi connectivity index (χ1n) is 10.6. The minimum absolute atomic E-state index is 0.0610. The molecule has 1 saturated heterocycles. The van der Waals surface area contributed by atoms with Gasteiger partial charge in [0.2, 0.25) is 23.2 Å². The van der Waals surface area contributed by atoms with Gasteiger partial charge in [-0.25, -0.2) is 0 Å². The highest BCUT2D eigenvalue weighted by molar-refractivity contribution is 5.93. The second-order valence-electron chi connectivity index (χ2n) is 7.94. The fourth-order valence-corrected chi connectivity index (χ4v) is 3.86. The van der Waals surface area contributed by atoms with Gasteiger partial charge in [-0.05, 0) is 18.2 Å². The van der Waals surface area contributed by atoms with Crippen molar-refractivity contribution in [1.82, 2.24) is 0 Å². The highest BCUT2D eigenvalue weighted by Gasteiger charge is 2.45. The minimum Gasteiger partial charge on any atom is -0.507 e.